The minimum absolute atomic E-state index is 0.157. The number of aliphatic hydroxyl groups is 1. The Morgan fingerprint density at radius 2 is 1.77 bits per heavy atom. The SMILES string of the molecule is Cn1nc(C(=O)NCCc2ccc(-c3cccc4c(C(=O)N5CCC[C@H](O)C5)nn(C)c34)cn2)c2ccccc21. The van der Waals surface area contributed by atoms with Crippen molar-refractivity contribution >= 4 is 33.6 Å². The van der Waals surface area contributed by atoms with Crippen LogP contribution in [-0.2, 0) is 20.5 Å². The number of nitrogens with one attached hydrogen (secondary N) is 1. The molecule has 0 saturated carbocycles. The molecule has 4 heterocycles. The Morgan fingerprint density at radius 1 is 0.975 bits per heavy atom. The number of carbonyl (C=O) groups is 2. The molecule has 3 aromatic heterocycles. The number of aliphatic hydroxyl groups excluding tert-OH is 1. The highest BCUT2D eigenvalue weighted by molar-refractivity contribution is 6.08. The van der Waals surface area contributed by atoms with Gasteiger partial charge in [-0.1, -0.05) is 42.5 Å². The molecule has 204 valence electrons. The van der Waals surface area contributed by atoms with Gasteiger partial charge in [-0.3, -0.25) is 23.9 Å². The standard InChI is InChI=1S/C30H31N7O3/c1-35-25-11-4-3-8-23(25)26(33-35)29(39)31-15-14-20-13-12-19(17-32-20)22-9-5-10-24-27(34-36(2)28(22)24)30(40)37-16-6-7-21(38)18-37/h3-5,8-13,17,21,38H,6-7,14-16,18H2,1-2H3,(H,31,39)/t21-/m0/s1. The van der Waals surface area contributed by atoms with Gasteiger partial charge in [0.05, 0.1) is 17.1 Å². The number of aromatic nitrogens is 5. The number of aryl methyl sites for hydroxylation is 2. The smallest absolute Gasteiger partial charge is 0.275 e. The van der Waals surface area contributed by atoms with Gasteiger partial charge in [-0.15, -0.1) is 0 Å². The number of hydrogen-bond acceptors (Lipinski definition) is 6. The lowest BCUT2D eigenvalue weighted by Gasteiger charge is -2.29. The predicted octanol–water partition coefficient (Wildman–Crippen LogP) is 3.09. The highest BCUT2D eigenvalue weighted by Crippen LogP contribution is 2.31. The van der Waals surface area contributed by atoms with Gasteiger partial charge in [-0.25, -0.2) is 0 Å². The number of β-amino-alcohol motifs (C(OH)–C–C–N with tert-alkyl or cyclic N) is 1. The second kappa shape index (κ2) is 10.5. The van der Waals surface area contributed by atoms with Crippen molar-refractivity contribution in [2.45, 2.75) is 25.4 Å². The van der Waals surface area contributed by atoms with Gasteiger partial charge in [0.2, 0.25) is 0 Å². The summed E-state index contributed by atoms with van der Waals surface area (Å²) in [5, 5.41) is 23.5. The minimum Gasteiger partial charge on any atom is -0.391 e. The van der Waals surface area contributed by atoms with Crippen LogP contribution in [0.3, 0.4) is 0 Å². The molecule has 1 saturated heterocycles. The lowest BCUT2D eigenvalue weighted by atomic mass is 10.0. The Hall–Kier alpha value is -4.57. The van der Waals surface area contributed by atoms with Gasteiger partial charge < -0.3 is 15.3 Å². The number of likely N-dealkylation sites (tertiary alicyclic amines) is 1. The zero-order chi connectivity index (χ0) is 27.8. The highest BCUT2D eigenvalue weighted by atomic mass is 16.3. The second-order valence-corrected chi connectivity index (χ2v) is 10.3. The zero-order valence-electron chi connectivity index (χ0n) is 22.5. The number of hydrogen-bond donors (Lipinski definition) is 2. The largest absolute Gasteiger partial charge is 0.391 e. The Balaban J connectivity index is 1.16. The molecule has 2 amide bonds. The van der Waals surface area contributed by atoms with Crippen molar-refractivity contribution in [3.8, 4) is 11.1 Å². The summed E-state index contributed by atoms with van der Waals surface area (Å²) in [6.07, 6.45) is 3.40. The van der Waals surface area contributed by atoms with Crippen LogP contribution >= 0.6 is 0 Å². The molecule has 10 heteroatoms. The average Bonchev–Trinajstić information content (AvgIpc) is 3.50. The number of piperidine rings is 1. The molecule has 6 rings (SSSR count). The summed E-state index contributed by atoms with van der Waals surface area (Å²) in [5.41, 5.74) is 5.28. The van der Waals surface area contributed by atoms with Crippen LogP contribution in [0, 0.1) is 0 Å². The molecule has 1 fully saturated rings. The number of amides is 2. The second-order valence-electron chi connectivity index (χ2n) is 10.3. The third-order valence-electron chi connectivity index (χ3n) is 7.53. The third-order valence-corrected chi connectivity index (χ3v) is 7.53. The van der Waals surface area contributed by atoms with E-state index in [9.17, 15) is 14.7 Å². The van der Waals surface area contributed by atoms with E-state index in [2.05, 4.69) is 20.5 Å². The number of pyridine rings is 1. The summed E-state index contributed by atoms with van der Waals surface area (Å²) in [6, 6.07) is 17.5. The quantitative estimate of drug-likeness (QED) is 0.344. The van der Waals surface area contributed by atoms with Crippen LogP contribution in [0.5, 0.6) is 0 Å². The minimum atomic E-state index is -0.490. The number of carbonyl (C=O) groups excluding carboxylic acids is 2. The van der Waals surface area contributed by atoms with E-state index in [0.717, 1.165) is 45.0 Å². The molecule has 2 N–H and O–H groups in total. The van der Waals surface area contributed by atoms with E-state index in [1.165, 1.54) is 0 Å². The molecule has 0 spiro atoms. The summed E-state index contributed by atoms with van der Waals surface area (Å²) in [5.74, 6) is -0.364. The van der Waals surface area contributed by atoms with Crippen LogP contribution < -0.4 is 5.32 Å². The highest BCUT2D eigenvalue weighted by Gasteiger charge is 2.27. The van der Waals surface area contributed by atoms with Crippen molar-refractivity contribution in [3.05, 3.63) is 77.9 Å². The Labute approximate surface area is 231 Å². The fraction of sp³-hybridized carbons (Fsp3) is 0.300. The summed E-state index contributed by atoms with van der Waals surface area (Å²) >= 11 is 0. The van der Waals surface area contributed by atoms with Crippen LogP contribution in [0.25, 0.3) is 32.9 Å². The van der Waals surface area contributed by atoms with Crippen LogP contribution in [-0.4, -0.2) is 72.1 Å². The maximum Gasteiger partial charge on any atom is 0.275 e. The summed E-state index contributed by atoms with van der Waals surface area (Å²) in [6.45, 7) is 1.39. The molecule has 0 unspecified atom stereocenters. The molecule has 5 aromatic rings. The first-order valence-electron chi connectivity index (χ1n) is 13.5. The Bertz CT molecular complexity index is 1720. The first kappa shape index (κ1) is 25.7. The summed E-state index contributed by atoms with van der Waals surface area (Å²) in [4.78, 5) is 32.4. The molecular weight excluding hydrogens is 506 g/mol. The first-order valence-corrected chi connectivity index (χ1v) is 13.5. The van der Waals surface area contributed by atoms with Crippen molar-refractivity contribution in [1.29, 1.82) is 0 Å². The number of para-hydroxylation sites is 2. The maximum absolute atomic E-state index is 13.3. The predicted molar refractivity (Wildman–Crippen MR) is 152 cm³/mol. The molecule has 0 bridgehead atoms. The van der Waals surface area contributed by atoms with E-state index >= 15 is 0 Å². The van der Waals surface area contributed by atoms with Crippen LogP contribution in [0.15, 0.2) is 60.8 Å². The van der Waals surface area contributed by atoms with E-state index in [1.54, 1.807) is 14.3 Å². The third kappa shape index (κ3) is 4.71. The van der Waals surface area contributed by atoms with E-state index < -0.39 is 6.10 Å². The van der Waals surface area contributed by atoms with Gasteiger partial charge in [0, 0.05) is 73.9 Å². The van der Waals surface area contributed by atoms with E-state index in [1.807, 2.05) is 74.9 Å². The molecule has 1 aliphatic rings. The Kier molecular flexibility index (Phi) is 6.77. The summed E-state index contributed by atoms with van der Waals surface area (Å²) < 4.78 is 3.45. The van der Waals surface area contributed by atoms with Gasteiger partial charge in [-0.05, 0) is 25.0 Å². The van der Waals surface area contributed by atoms with Gasteiger partial charge in [0.25, 0.3) is 11.8 Å². The first-order chi connectivity index (χ1) is 19.4. The lowest BCUT2D eigenvalue weighted by Crippen LogP contribution is -2.42. The van der Waals surface area contributed by atoms with Gasteiger partial charge in [-0.2, -0.15) is 10.2 Å². The molecular formula is C30H31N7O3. The monoisotopic (exact) mass is 537 g/mol. The fourth-order valence-corrected chi connectivity index (χ4v) is 5.52. The zero-order valence-corrected chi connectivity index (χ0v) is 22.5. The topological polar surface area (TPSA) is 118 Å². The molecule has 10 nitrogen and oxygen atoms in total. The van der Waals surface area contributed by atoms with Crippen molar-refractivity contribution in [3.63, 3.8) is 0 Å². The summed E-state index contributed by atoms with van der Waals surface area (Å²) in [7, 11) is 3.66. The van der Waals surface area contributed by atoms with Crippen LogP contribution in [0.4, 0.5) is 0 Å². The molecule has 2 aromatic carbocycles. The molecule has 1 aliphatic heterocycles. The van der Waals surface area contributed by atoms with E-state index in [0.29, 0.717) is 43.9 Å². The van der Waals surface area contributed by atoms with E-state index in [4.69, 9.17) is 0 Å². The lowest BCUT2D eigenvalue weighted by molar-refractivity contribution is 0.0470. The molecule has 40 heavy (non-hydrogen) atoms. The maximum atomic E-state index is 13.3. The van der Waals surface area contributed by atoms with Crippen molar-refractivity contribution in [1.82, 2.24) is 34.8 Å². The van der Waals surface area contributed by atoms with Crippen molar-refractivity contribution < 1.29 is 14.7 Å². The van der Waals surface area contributed by atoms with Gasteiger partial charge >= 0.3 is 0 Å². The molecule has 0 radical (unpaired) electrons. The van der Waals surface area contributed by atoms with Crippen LogP contribution in [0.1, 0.15) is 39.5 Å². The van der Waals surface area contributed by atoms with E-state index in [-0.39, 0.29) is 11.8 Å². The van der Waals surface area contributed by atoms with Crippen molar-refractivity contribution in [2.24, 2.45) is 14.1 Å². The average molecular weight is 538 g/mol. The normalized spacial score (nSPS) is 15.6. The van der Waals surface area contributed by atoms with Gasteiger partial charge in [0.15, 0.2) is 11.4 Å². The van der Waals surface area contributed by atoms with Gasteiger partial charge in [0.1, 0.15) is 0 Å². The number of fused-ring (bicyclic) bond motifs is 2. The molecule has 1 atom stereocenters. The van der Waals surface area contributed by atoms with Crippen LogP contribution in [0.2, 0.25) is 0 Å². The molecule has 0 aliphatic carbocycles. The number of nitrogens with zero attached hydrogens (tertiary/aromatic N) is 6. The van der Waals surface area contributed by atoms with Crippen molar-refractivity contribution in [2.75, 3.05) is 19.6 Å². The number of rotatable bonds is 6. The Morgan fingerprint density at radius 3 is 2.58 bits per heavy atom. The fourth-order valence-electron chi connectivity index (χ4n) is 5.52. The number of benzene rings is 2.